The van der Waals surface area contributed by atoms with Crippen LogP contribution in [0.4, 0.5) is 10.1 Å². The van der Waals surface area contributed by atoms with Crippen molar-refractivity contribution in [2.75, 3.05) is 19.5 Å². The van der Waals surface area contributed by atoms with Crippen LogP contribution in [0.5, 0.6) is 5.75 Å². The molecule has 4 nitrogen and oxygen atoms in total. The molecule has 0 aromatic heterocycles. The second-order valence-electron chi connectivity index (χ2n) is 2.76. The van der Waals surface area contributed by atoms with E-state index in [0.717, 1.165) is 0 Å². The molecule has 0 amide bonds. The van der Waals surface area contributed by atoms with E-state index in [1.807, 2.05) is 0 Å². The van der Waals surface area contributed by atoms with Crippen LogP contribution >= 0.6 is 0 Å². The molecule has 1 rings (SSSR count). The first kappa shape index (κ1) is 11.3. The number of hydrogen-bond acceptors (Lipinski definition) is 4. The third-order valence-corrected chi connectivity index (χ3v) is 1.86. The number of benzene rings is 1. The van der Waals surface area contributed by atoms with Gasteiger partial charge in [-0.25, -0.2) is 9.18 Å². The molecule has 0 saturated heterocycles. The number of methoxy groups -OCH3 is 1. The Morgan fingerprint density at radius 3 is 2.73 bits per heavy atom. The fraction of sp³-hybridized carbons (Fsp3) is 0.300. The van der Waals surface area contributed by atoms with Gasteiger partial charge < -0.3 is 15.2 Å². The number of carbonyl (C=O) groups is 1. The Kier molecular flexibility index (Phi) is 3.49. The molecule has 2 N–H and O–H groups in total. The molecule has 0 atom stereocenters. The number of esters is 1. The van der Waals surface area contributed by atoms with Gasteiger partial charge in [0, 0.05) is 0 Å². The largest absolute Gasteiger partial charge is 0.494 e. The minimum atomic E-state index is -0.812. The van der Waals surface area contributed by atoms with Crippen LogP contribution in [0.2, 0.25) is 0 Å². The summed E-state index contributed by atoms with van der Waals surface area (Å²) in [6.07, 6.45) is 0. The number of ether oxygens (including phenoxy) is 2. The van der Waals surface area contributed by atoms with Gasteiger partial charge in [-0.15, -0.1) is 0 Å². The fourth-order valence-electron chi connectivity index (χ4n) is 1.12. The number of carbonyl (C=O) groups excluding carboxylic acids is 1. The van der Waals surface area contributed by atoms with Crippen LogP contribution in [-0.2, 0) is 4.74 Å². The van der Waals surface area contributed by atoms with Crippen LogP contribution in [0.25, 0.3) is 0 Å². The molecular formula is C10H12FNO3. The molecule has 5 heteroatoms. The van der Waals surface area contributed by atoms with Crippen molar-refractivity contribution >= 4 is 11.7 Å². The van der Waals surface area contributed by atoms with Gasteiger partial charge in [-0.2, -0.15) is 0 Å². The number of nitrogen functional groups attached to an aromatic ring is 1. The molecule has 1 aromatic carbocycles. The molecule has 1 aromatic rings. The minimum absolute atomic E-state index is 0.185. The van der Waals surface area contributed by atoms with E-state index in [1.54, 1.807) is 6.92 Å². The molecule has 0 radical (unpaired) electrons. The van der Waals surface area contributed by atoms with E-state index in [4.69, 9.17) is 10.5 Å². The number of nitrogens with two attached hydrogens (primary N) is 1. The Morgan fingerprint density at radius 1 is 1.53 bits per heavy atom. The maximum absolute atomic E-state index is 13.5. The standard InChI is InChI=1S/C10H12FNO3/c1-3-15-10(13)6-4-5-7(14-2)9(12)8(6)11/h4-5H,3,12H2,1-2H3. The van der Waals surface area contributed by atoms with Crippen molar-refractivity contribution in [3.8, 4) is 5.75 Å². The first-order valence-electron chi connectivity index (χ1n) is 4.40. The molecule has 0 aliphatic carbocycles. The van der Waals surface area contributed by atoms with Gasteiger partial charge in [-0.3, -0.25) is 0 Å². The molecule has 0 fully saturated rings. The highest BCUT2D eigenvalue weighted by Gasteiger charge is 2.17. The summed E-state index contributed by atoms with van der Waals surface area (Å²) >= 11 is 0. The van der Waals surface area contributed by atoms with E-state index in [1.165, 1.54) is 19.2 Å². The Labute approximate surface area is 86.8 Å². The van der Waals surface area contributed by atoms with Crippen molar-refractivity contribution in [3.63, 3.8) is 0 Å². The van der Waals surface area contributed by atoms with Gasteiger partial charge in [0.05, 0.1) is 19.3 Å². The second kappa shape index (κ2) is 4.63. The monoisotopic (exact) mass is 213 g/mol. The average molecular weight is 213 g/mol. The molecular weight excluding hydrogens is 201 g/mol. The molecule has 0 unspecified atom stereocenters. The van der Waals surface area contributed by atoms with Gasteiger partial charge >= 0.3 is 5.97 Å². The van der Waals surface area contributed by atoms with Crippen molar-refractivity contribution in [2.24, 2.45) is 0 Å². The van der Waals surface area contributed by atoms with Crippen molar-refractivity contribution in [2.45, 2.75) is 6.92 Å². The number of halogens is 1. The predicted molar refractivity (Wildman–Crippen MR) is 53.3 cm³/mol. The maximum atomic E-state index is 13.5. The van der Waals surface area contributed by atoms with Crippen LogP contribution in [0.3, 0.4) is 0 Å². The molecule has 0 bridgehead atoms. The second-order valence-corrected chi connectivity index (χ2v) is 2.76. The highest BCUT2D eigenvalue weighted by Crippen LogP contribution is 2.26. The minimum Gasteiger partial charge on any atom is -0.494 e. The SMILES string of the molecule is CCOC(=O)c1ccc(OC)c(N)c1F. The maximum Gasteiger partial charge on any atom is 0.341 e. The van der Waals surface area contributed by atoms with Gasteiger partial charge in [0.2, 0.25) is 0 Å². The molecule has 15 heavy (non-hydrogen) atoms. The molecule has 0 spiro atoms. The van der Waals surface area contributed by atoms with Crippen molar-refractivity contribution < 1.29 is 18.7 Å². The van der Waals surface area contributed by atoms with E-state index >= 15 is 0 Å². The fourth-order valence-corrected chi connectivity index (χ4v) is 1.12. The number of anilines is 1. The molecule has 0 aliphatic rings. The van der Waals surface area contributed by atoms with Crippen molar-refractivity contribution in [3.05, 3.63) is 23.5 Å². The molecule has 0 heterocycles. The summed E-state index contributed by atoms with van der Waals surface area (Å²) < 4.78 is 23.0. The van der Waals surface area contributed by atoms with Crippen molar-refractivity contribution in [1.82, 2.24) is 0 Å². The quantitative estimate of drug-likeness (QED) is 0.611. The van der Waals surface area contributed by atoms with Crippen LogP contribution < -0.4 is 10.5 Å². The van der Waals surface area contributed by atoms with Crippen LogP contribution in [0.15, 0.2) is 12.1 Å². The predicted octanol–water partition coefficient (Wildman–Crippen LogP) is 1.59. The first-order chi connectivity index (χ1) is 7.11. The highest BCUT2D eigenvalue weighted by molar-refractivity contribution is 5.91. The average Bonchev–Trinajstić information content (AvgIpc) is 2.22. The van der Waals surface area contributed by atoms with E-state index in [-0.39, 0.29) is 23.6 Å². The Balaban J connectivity index is 3.11. The topological polar surface area (TPSA) is 61.5 Å². The Bertz CT molecular complexity index is 379. The summed E-state index contributed by atoms with van der Waals surface area (Å²) in [6, 6.07) is 2.70. The first-order valence-corrected chi connectivity index (χ1v) is 4.40. The van der Waals surface area contributed by atoms with Gasteiger partial charge in [-0.05, 0) is 19.1 Å². The lowest BCUT2D eigenvalue weighted by Gasteiger charge is -2.08. The van der Waals surface area contributed by atoms with E-state index in [0.29, 0.717) is 0 Å². The Morgan fingerprint density at radius 2 is 2.20 bits per heavy atom. The summed E-state index contributed by atoms with van der Waals surface area (Å²) in [6.45, 7) is 1.83. The van der Waals surface area contributed by atoms with Gasteiger partial charge in [0.1, 0.15) is 11.4 Å². The van der Waals surface area contributed by atoms with Gasteiger partial charge in [0.15, 0.2) is 5.82 Å². The summed E-state index contributed by atoms with van der Waals surface area (Å²) in [5.41, 5.74) is 5.04. The summed E-state index contributed by atoms with van der Waals surface area (Å²) in [5, 5.41) is 0. The number of hydrogen-bond donors (Lipinski definition) is 1. The summed E-state index contributed by atoms with van der Waals surface area (Å²) in [5.74, 6) is -1.35. The summed E-state index contributed by atoms with van der Waals surface area (Å²) in [4.78, 5) is 11.3. The zero-order valence-corrected chi connectivity index (χ0v) is 8.54. The molecule has 82 valence electrons. The third-order valence-electron chi connectivity index (χ3n) is 1.86. The third kappa shape index (κ3) is 2.18. The lowest BCUT2D eigenvalue weighted by molar-refractivity contribution is 0.0521. The molecule has 0 saturated carbocycles. The number of rotatable bonds is 3. The van der Waals surface area contributed by atoms with E-state index in [2.05, 4.69) is 4.74 Å². The van der Waals surface area contributed by atoms with E-state index < -0.39 is 11.8 Å². The normalized spacial score (nSPS) is 9.80. The van der Waals surface area contributed by atoms with Crippen LogP contribution in [-0.4, -0.2) is 19.7 Å². The van der Waals surface area contributed by atoms with Crippen LogP contribution in [0, 0.1) is 5.82 Å². The Hall–Kier alpha value is -1.78. The lowest BCUT2D eigenvalue weighted by Crippen LogP contribution is -2.09. The van der Waals surface area contributed by atoms with Gasteiger partial charge in [0.25, 0.3) is 0 Å². The smallest absolute Gasteiger partial charge is 0.341 e. The van der Waals surface area contributed by atoms with E-state index in [9.17, 15) is 9.18 Å². The van der Waals surface area contributed by atoms with Gasteiger partial charge in [-0.1, -0.05) is 0 Å². The zero-order chi connectivity index (χ0) is 11.4. The summed E-state index contributed by atoms with van der Waals surface area (Å²) in [7, 11) is 1.37. The highest BCUT2D eigenvalue weighted by atomic mass is 19.1. The molecule has 0 aliphatic heterocycles. The van der Waals surface area contributed by atoms with Crippen molar-refractivity contribution in [1.29, 1.82) is 0 Å². The lowest BCUT2D eigenvalue weighted by atomic mass is 10.1. The zero-order valence-electron chi connectivity index (χ0n) is 8.54. The van der Waals surface area contributed by atoms with Crippen LogP contribution in [0.1, 0.15) is 17.3 Å².